The first-order chi connectivity index (χ1) is 5.67. The van der Waals surface area contributed by atoms with Crippen LogP contribution in [0.2, 0.25) is 0 Å². The quantitative estimate of drug-likeness (QED) is 0.745. The van der Waals surface area contributed by atoms with Crippen molar-refractivity contribution in [1.82, 2.24) is 0 Å². The van der Waals surface area contributed by atoms with E-state index >= 15 is 0 Å². The summed E-state index contributed by atoms with van der Waals surface area (Å²) in [6.45, 7) is 1.99. The Hall–Kier alpha value is 0.440. The summed E-state index contributed by atoms with van der Waals surface area (Å²) in [6, 6.07) is 0. The van der Waals surface area contributed by atoms with Crippen LogP contribution in [0.1, 0.15) is 45.4 Å². The second kappa shape index (κ2) is 4.61. The lowest BCUT2D eigenvalue weighted by molar-refractivity contribution is -0.0182. The van der Waals surface area contributed by atoms with Crippen LogP contribution < -0.4 is 0 Å². The molecule has 1 atom stereocenters. The van der Waals surface area contributed by atoms with Crippen molar-refractivity contribution in [2.45, 2.75) is 51.0 Å². The van der Waals surface area contributed by atoms with E-state index in [1.807, 2.05) is 6.92 Å². The smallest absolute Gasteiger partial charge is 0.0655 e. The van der Waals surface area contributed by atoms with Crippen molar-refractivity contribution in [3.8, 4) is 0 Å². The molecule has 0 aliphatic heterocycles. The molecule has 0 saturated heterocycles. The highest BCUT2D eigenvalue weighted by Crippen LogP contribution is 2.34. The van der Waals surface area contributed by atoms with E-state index in [9.17, 15) is 5.11 Å². The van der Waals surface area contributed by atoms with Crippen LogP contribution in [0.4, 0.5) is 0 Å². The van der Waals surface area contributed by atoms with Gasteiger partial charge in [-0.2, -0.15) is 0 Å². The minimum atomic E-state index is -0.427. The number of aliphatic hydroxyl groups is 1. The predicted molar refractivity (Wildman–Crippen MR) is 55.6 cm³/mol. The van der Waals surface area contributed by atoms with Gasteiger partial charge in [0.25, 0.3) is 0 Å². The summed E-state index contributed by atoms with van der Waals surface area (Å²) < 4.78 is 0. The Bertz CT molecular complexity index is 128. The van der Waals surface area contributed by atoms with E-state index in [0.717, 1.165) is 11.8 Å². The zero-order valence-electron chi connectivity index (χ0n) is 7.85. The van der Waals surface area contributed by atoms with Gasteiger partial charge in [0, 0.05) is 5.33 Å². The highest BCUT2D eigenvalue weighted by molar-refractivity contribution is 9.09. The maximum Gasteiger partial charge on any atom is 0.0655 e. The zero-order valence-corrected chi connectivity index (χ0v) is 9.44. The fourth-order valence-corrected chi connectivity index (χ4v) is 2.92. The molecule has 72 valence electrons. The molecule has 1 nitrogen and oxygen atoms in total. The Morgan fingerprint density at radius 2 is 1.92 bits per heavy atom. The summed E-state index contributed by atoms with van der Waals surface area (Å²) in [5, 5.41) is 11.0. The minimum absolute atomic E-state index is 0.427. The van der Waals surface area contributed by atoms with Gasteiger partial charge in [-0.1, -0.05) is 35.2 Å². The lowest BCUT2D eigenvalue weighted by Gasteiger charge is -2.35. The summed E-state index contributed by atoms with van der Waals surface area (Å²) in [5.74, 6) is 0.545. The number of alkyl halides is 1. The van der Waals surface area contributed by atoms with Gasteiger partial charge < -0.3 is 5.11 Å². The van der Waals surface area contributed by atoms with Gasteiger partial charge in [-0.3, -0.25) is 0 Å². The summed E-state index contributed by atoms with van der Waals surface area (Å²) in [7, 11) is 0. The van der Waals surface area contributed by atoms with Crippen LogP contribution in [0, 0.1) is 5.92 Å². The minimum Gasteiger partial charge on any atom is -0.390 e. The molecule has 0 aromatic carbocycles. The summed E-state index contributed by atoms with van der Waals surface area (Å²) >= 11 is 3.39. The molecule has 1 rings (SSSR count). The topological polar surface area (TPSA) is 20.2 Å². The van der Waals surface area contributed by atoms with Gasteiger partial charge in [-0.05, 0) is 32.1 Å². The van der Waals surface area contributed by atoms with Gasteiger partial charge in [0.2, 0.25) is 0 Å². The molecule has 0 spiro atoms. The monoisotopic (exact) mass is 234 g/mol. The molecular weight excluding hydrogens is 216 g/mol. The molecular formula is C10H19BrO. The van der Waals surface area contributed by atoms with E-state index in [1.54, 1.807) is 0 Å². The second-order valence-electron chi connectivity index (χ2n) is 4.13. The SMILES string of the molecule is CC(O)(CCBr)C1CCCCC1. The number of hydrogen-bond donors (Lipinski definition) is 1. The van der Waals surface area contributed by atoms with Crippen molar-refractivity contribution in [1.29, 1.82) is 0 Å². The van der Waals surface area contributed by atoms with Gasteiger partial charge in [0.1, 0.15) is 0 Å². The number of rotatable bonds is 3. The molecule has 1 aliphatic carbocycles. The third kappa shape index (κ3) is 2.74. The van der Waals surface area contributed by atoms with Crippen molar-refractivity contribution in [2.75, 3.05) is 5.33 Å². The molecule has 1 aliphatic rings. The van der Waals surface area contributed by atoms with Crippen LogP contribution in [0.25, 0.3) is 0 Å². The third-order valence-corrected chi connectivity index (χ3v) is 3.48. The Labute approximate surface area is 83.7 Å². The lowest BCUT2D eigenvalue weighted by Crippen LogP contribution is -2.36. The van der Waals surface area contributed by atoms with Crippen LogP contribution in [0.3, 0.4) is 0 Å². The molecule has 0 amide bonds. The lowest BCUT2D eigenvalue weighted by atomic mass is 9.77. The molecule has 1 fully saturated rings. The van der Waals surface area contributed by atoms with Crippen LogP contribution in [-0.4, -0.2) is 16.0 Å². The van der Waals surface area contributed by atoms with Crippen LogP contribution >= 0.6 is 15.9 Å². The molecule has 0 aromatic rings. The van der Waals surface area contributed by atoms with Gasteiger partial charge in [-0.25, -0.2) is 0 Å². The van der Waals surface area contributed by atoms with Crippen molar-refractivity contribution >= 4 is 15.9 Å². The largest absolute Gasteiger partial charge is 0.390 e. The fraction of sp³-hybridized carbons (Fsp3) is 1.00. The zero-order chi connectivity index (χ0) is 9.03. The van der Waals surface area contributed by atoms with Gasteiger partial charge >= 0.3 is 0 Å². The molecule has 0 aromatic heterocycles. The third-order valence-electron chi connectivity index (χ3n) is 3.09. The first kappa shape index (κ1) is 10.5. The summed E-state index contributed by atoms with van der Waals surface area (Å²) in [6.07, 6.45) is 7.31. The van der Waals surface area contributed by atoms with Gasteiger partial charge in [0.15, 0.2) is 0 Å². The molecule has 2 heteroatoms. The van der Waals surface area contributed by atoms with E-state index in [-0.39, 0.29) is 0 Å². The molecule has 0 heterocycles. The molecule has 1 saturated carbocycles. The Morgan fingerprint density at radius 1 is 1.33 bits per heavy atom. The van der Waals surface area contributed by atoms with E-state index in [4.69, 9.17) is 0 Å². The number of hydrogen-bond acceptors (Lipinski definition) is 1. The van der Waals surface area contributed by atoms with E-state index < -0.39 is 5.60 Å². The van der Waals surface area contributed by atoms with Crippen molar-refractivity contribution in [3.63, 3.8) is 0 Å². The predicted octanol–water partition coefficient (Wildman–Crippen LogP) is 3.10. The Kier molecular flexibility index (Phi) is 4.04. The van der Waals surface area contributed by atoms with Crippen LogP contribution in [0.5, 0.6) is 0 Å². The highest BCUT2D eigenvalue weighted by Gasteiger charge is 2.31. The second-order valence-corrected chi connectivity index (χ2v) is 4.92. The van der Waals surface area contributed by atoms with E-state index in [0.29, 0.717) is 5.92 Å². The van der Waals surface area contributed by atoms with Crippen LogP contribution in [-0.2, 0) is 0 Å². The fourth-order valence-electron chi connectivity index (χ4n) is 2.12. The maximum atomic E-state index is 10.1. The molecule has 1 N–H and O–H groups in total. The molecule has 0 bridgehead atoms. The Morgan fingerprint density at radius 3 is 2.42 bits per heavy atom. The summed E-state index contributed by atoms with van der Waals surface area (Å²) in [5.41, 5.74) is -0.427. The van der Waals surface area contributed by atoms with Crippen LogP contribution in [0.15, 0.2) is 0 Å². The number of halogens is 1. The normalized spacial score (nSPS) is 25.2. The van der Waals surface area contributed by atoms with Crippen molar-refractivity contribution < 1.29 is 5.11 Å². The van der Waals surface area contributed by atoms with E-state index in [1.165, 1.54) is 32.1 Å². The first-order valence-electron chi connectivity index (χ1n) is 4.95. The highest BCUT2D eigenvalue weighted by atomic mass is 79.9. The van der Waals surface area contributed by atoms with E-state index in [2.05, 4.69) is 15.9 Å². The average molecular weight is 235 g/mol. The summed E-state index contributed by atoms with van der Waals surface area (Å²) in [4.78, 5) is 0. The van der Waals surface area contributed by atoms with Gasteiger partial charge in [0.05, 0.1) is 5.60 Å². The Balaban J connectivity index is 2.41. The molecule has 12 heavy (non-hydrogen) atoms. The molecule has 0 radical (unpaired) electrons. The van der Waals surface area contributed by atoms with Crippen molar-refractivity contribution in [3.05, 3.63) is 0 Å². The maximum absolute atomic E-state index is 10.1. The standard InChI is InChI=1S/C10H19BrO/c1-10(12,7-8-11)9-5-3-2-4-6-9/h9,12H,2-8H2,1H3. The molecule has 1 unspecified atom stereocenters. The average Bonchev–Trinajstić information content (AvgIpc) is 2.06. The first-order valence-corrected chi connectivity index (χ1v) is 6.07. The van der Waals surface area contributed by atoms with Gasteiger partial charge in [-0.15, -0.1) is 0 Å². The van der Waals surface area contributed by atoms with Crippen molar-refractivity contribution in [2.24, 2.45) is 5.92 Å².